The van der Waals surface area contributed by atoms with Crippen molar-refractivity contribution in [3.8, 4) is 0 Å². The van der Waals surface area contributed by atoms with E-state index < -0.39 is 11.9 Å². The number of rotatable bonds is 3. The molecular formula is C14H12FNO3S. The van der Waals surface area contributed by atoms with Crippen LogP contribution in [-0.4, -0.2) is 19.0 Å². The third-order valence-electron chi connectivity index (χ3n) is 2.65. The maximum Gasteiger partial charge on any atom is 0.348 e. The number of aryl methyl sites for hydroxylation is 1. The van der Waals surface area contributed by atoms with Crippen molar-refractivity contribution in [2.45, 2.75) is 6.92 Å². The van der Waals surface area contributed by atoms with Gasteiger partial charge in [-0.15, -0.1) is 11.3 Å². The van der Waals surface area contributed by atoms with Gasteiger partial charge in [0.05, 0.1) is 12.0 Å². The number of nitrogens with one attached hydrogen (secondary N) is 1. The van der Waals surface area contributed by atoms with Crippen LogP contribution in [0.5, 0.6) is 0 Å². The normalized spacial score (nSPS) is 10.2. The minimum atomic E-state index is -0.490. The molecule has 0 spiro atoms. The maximum absolute atomic E-state index is 13.4. The lowest BCUT2D eigenvalue weighted by Crippen LogP contribution is -2.10. The Bertz CT molecular complexity index is 666. The first-order chi connectivity index (χ1) is 9.51. The van der Waals surface area contributed by atoms with E-state index in [9.17, 15) is 14.0 Å². The number of thiophene rings is 1. The number of amides is 1. The highest BCUT2D eigenvalue weighted by Crippen LogP contribution is 2.20. The van der Waals surface area contributed by atoms with Gasteiger partial charge in [-0.05, 0) is 36.8 Å². The van der Waals surface area contributed by atoms with E-state index in [1.807, 2.05) is 0 Å². The summed E-state index contributed by atoms with van der Waals surface area (Å²) in [6.07, 6.45) is 0. The van der Waals surface area contributed by atoms with Gasteiger partial charge in [0.25, 0.3) is 5.91 Å². The fourth-order valence-electron chi connectivity index (χ4n) is 1.53. The Labute approximate surface area is 119 Å². The lowest BCUT2D eigenvalue weighted by Gasteiger charge is -2.04. The Morgan fingerprint density at radius 3 is 2.55 bits per heavy atom. The summed E-state index contributed by atoms with van der Waals surface area (Å²) >= 11 is 1.02. The Hall–Kier alpha value is -2.21. The summed E-state index contributed by atoms with van der Waals surface area (Å²) in [5, 5.41) is 2.58. The zero-order valence-electron chi connectivity index (χ0n) is 10.9. The van der Waals surface area contributed by atoms with Crippen LogP contribution in [-0.2, 0) is 4.74 Å². The monoisotopic (exact) mass is 293 g/mol. The second-order valence-electron chi connectivity index (χ2n) is 4.07. The summed E-state index contributed by atoms with van der Waals surface area (Å²) in [7, 11) is 1.27. The molecule has 4 nitrogen and oxygen atoms in total. The number of carbonyl (C=O) groups excluding carboxylic acids is 2. The SMILES string of the molecule is COC(=O)c1ccc(C(=O)Nc2ccc(C)c(F)c2)s1. The van der Waals surface area contributed by atoms with E-state index in [1.54, 1.807) is 19.1 Å². The van der Waals surface area contributed by atoms with Crippen molar-refractivity contribution < 1.29 is 18.7 Å². The number of benzene rings is 1. The van der Waals surface area contributed by atoms with E-state index in [4.69, 9.17) is 0 Å². The smallest absolute Gasteiger partial charge is 0.348 e. The third-order valence-corrected chi connectivity index (χ3v) is 3.71. The minimum Gasteiger partial charge on any atom is -0.465 e. The fourth-order valence-corrected chi connectivity index (χ4v) is 2.35. The molecule has 0 aliphatic carbocycles. The van der Waals surface area contributed by atoms with E-state index in [-0.39, 0.29) is 5.82 Å². The molecule has 0 saturated heterocycles. The first kappa shape index (κ1) is 14.2. The predicted octanol–water partition coefficient (Wildman–Crippen LogP) is 3.23. The number of hydrogen-bond acceptors (Lipinski definition) is 4. The van der Waals surface area contributed by atoms with Gasteiger partial charge in [-0.2, -0.15) is 0 Å². The topological polar surface area (TPSA) is 55.4 Å². The largest absolute Gasteiger partial charge is 0.465 e. The summed E-state index contributed by atoms with van der Waals surface area (Å²) in [6.45, 7) is 1.64. The van der Waals surface area contributed by atoms with Crippen LogP contribution < -0.4 is 5.32 Å². The molecule has 2 rings (SSSR count). The minimum absolute atomic E-state index is 0.340. The van der Waals surface area contributed by atoms with Gasteiger partial charge in [0, 0.05) is 5.69 Å². The van der Waals surface area contributed by atoms with Gasteiger partial charge >= 0.3 is 5.97 Å². The second kappa shape index (κ2) is 5.83. The number of hydrogen-bond donors (Lipinski definition) is 1. The van der Waals surface area contributed by atoms with Crippen LogP contribution in [0.1, 0.15) is 24.9 Å². The standard InChI is InChI=1S/C14H12FNO3S/c1-8-3-4-9(7-10(8)15)16-13(17)11-5-6-12(20-11)14(18)19-2/h3-7H,1-2H3,(H,16,17). The number of carbonyl (C=O) groups is 2. The second-order valence-corrected chi connectivity index (χ2v) is 5.16. The van der Waals surface area contributed by atoms with Gasteiger partial charge in [-0.3, -0.25) is 4.79 Å². The lowest BCUT2D eigenvalue weighted by atomic mass is 10.2. The Morgan fingerprint density at radius 1 is 1.20 bits per heavy atom. The van der Waals surface area contributed by atoms with Crippen molar-refractivity contribution in [2.75, 3.05) is 12.4 Å². The van der Waals surface area contributed by atoms with E-state index in [1.165, 1.54) is 25.3 Å². The van der Waals surface area contributed by atoms with Gasteiger partial charge in [0.1, 0.15) is 10.7 Å². The van der Waals surface area contributed by atoms with E-state index in [0.29, 0.717) is 21.0 Å². The van der Waals surface area contributed by atoms with E-state index >= 15 is 0 Å². The quantitative estimate of drug-likeness (QED) is 0.884. The Balaban J connectivity index is 2.13. The Kier molecular flexibility index (Phi) is 4.14. The highest BCUT2D eigenvalue weighted by atomic mass is 32.1. The summed E-state index contributed by atoms with van der Waals surface area (Å²) in [4.78, 5) is 23.9. The number of methoxy groups -OCH3 is 1. The summed E-state index contributed by atoms with van der Waals surface area (Å²) in [5.74, 6) is -1.27. The molecule has 2 aromatic rings. The molecule has 0 radical (unpaired) electrons. The van der Waals surface area contributed by atoms with Crippen molar-refractivity contribution in [3.63, 3.8) is 0 Å². The molecule has 0 unspecified atom stereocenters. The molecule has 0 saturated carbocycles. The molecule has 0 bridgehead atoms. The van der Waals surface area contributed by atoms with Crippen molar-refractivity contribution in [3.05, 3.63) is 51.5 Å². The molecule has 6 heteroatoms. The molecule has 1 heterocycles. The number of ether oxygens (including phenoxy) is 1. The van der Waals surface area contributed by atoms with Crippen molar-refractivity contribution >= 4 is 28.9 Å². The van der Waals surface area contributed by atoms with Crippen molar-refractivity contribution in [2.24, 2.45) is 0 Å². The van der Waals surface area contributed by atoms with Crippen molar-refractivity contribution in [1.29, 1.82) is 0 Å². The van der Waals surface area contributed by atoms with Crippen LogP contribution in [0.25, 0.3) is 0 Å². The van der Waals surface area contributed by atoms with Crippen molar-refractivity contribution in [1.82, 2.24) is 0 Å². The molecule has 1 amide bonds. The highest BCUT2D eigenvalue weighted by Gasteiger charge is 2.14. The van der Waals surface area contributed by atoms with Crippen LogP contribution in [0.3, 0.4) is 0 Å². The van der Waals surface area contributed by atoms with Crippen LogP contribution in [0.15, 0.2) is 30.3 Å². The molecular weight excluding hydrogens is 281 g/mol. The molecule has 0 atom stereocenters. The number of anilines is 1. The maximum atomic E-state index is 13.4. The first-order valence-corrected chi connectivity index (χ1v) is 6.58. The molecule has 0 fully saturated rings. The molecule has 0 aliphatic rings. The van der Waals surface area contributed by atoms with Crippen LogP contribution in [0, 0.1) is 12.7 Å². The molecule has 20 heavy (non-hydrogen) atoms. The molecule has 1 aromatic carbocycles. The zero-order valence-corrected chi connectivity index (χ0v) is 11.7. The fraction of sp³-hybridized carbons (Fsp3) is 0.143. The van der Waals surface area contributed by atoms with E-state index in [0.717, 1.165) is 11.3 Å². The summed E-state index contributed by atoms with van der Waals surface area (Å²) < 4.78 is 17.9. The van der Waals surface area contributed by atoms with Crippen LogP contribution in [0.4, 0.5) is 10.1 Å². The van der Waals surface area contributed by atoms with Gasteiger partial charge in [0.2, 0.25) is 0 Å². The molecule has 0 aliphatic heterocycles. The average molecular weight is 293 g/mol. The predicted molar refractivity (Wildman–Crippen MR) is 74.7 cm³/mol. The van der Waals surface area contributed by atoms with Gasteiger partial charge in [-0.1, -0.05) is 6.07 Å². The third kappa shape index (κ3) is 3.03. The lowest BCUT2D eigenvalue weighted by molar-refractivity contribution is 0.0606. The molecule has 1 N–H and O–H groups in total. The zero-order chi connectivity index (χ0) is 14.7. The van der Waals surface area contributed by atoms with Gasteiger partial charge in [-0.25, -0.2) is 9.18 Å². The van der Waals surface area contributed by atoms with Crippen LogP contribution in [0.2, 0.25) is 0 Å². The summed E-state index contributed by atoms with van der Waals surface area (Å²) in [5.41, 5.74) is 0.873. The average Bonchev–Trinajstić information content (AvgIpc) is 2.92. The molecule has 104 valence electrons. The van der Waals surface area contributed by atoms with Crippen LogP contribution >= 0.6 is 11.3 Å². The summed E-state index contributed by atoms with van der Waals surface area (Å²) in [6, 6.07) is 7.49. The Morgan fingerprint density at radius 2 is 1.90 bits per heavy atom. The number of halogens is 1. The van der Waals surface area contributed by atoms with E-state index in [2.05, 4.69) is 10.1 Å². The number of esters is 1. The highest BCUT2D eigenvalue weighted by molar-refractivity contribution is 7.16. The first-order valence-electron chi connectivity index (χ1n) is 5.77. The van der Waals surface area contributed by atoms with Gasteiger partial charge < -0.3 is 10.1 Å². The van der Waals surface area contributed by atoms with Gasteiger partial charge in [0.15, 0.2) is 0 Å². The molecule has 1 aromatic heterocycles.